The van der Waals surface area contributed by atoms with E-state index in [2.05, 4.69) is 10.6 Å². The number of hydrogen-bond donors (Lipinski definition) is 2. The molecule has 3 unspecified atom stereocenters. The molecule has 0 fully saturated rings. The zero-order chi connectivity index (χ0) is 30.1. The third-order valence-corrected chi connectivity index (χ3v) is 5.14. The summed E-state index contributed by atoms with van der Waals surface area (Å²) < 4.78 is 56.6. The van der Waals surface area contributed by atoms with Crippen LogP contribution in [-0.2, 0) is 28.7 Å². The molecular weight excluding hydrogens is 521 g/mol. The minimum atomic E-state index is -4.69. The predicted molar refractivity (Wildman–Crippen MR) is 136 cm³/mol. The van der Waals surface area contributed by atoms with Crippen molar-refractivity contribution in [3.63, 3.8) is 0 Å². The van der Waals surface area contributed by atoms with E-state index >= 15 is 0 Å². The van der Waals surface area contributed by atoms with Gasteiger partial charge in [-0.1, -0.05) is 6.07 Å². The van der Waals surface area contributed by atoms with Crippen molar-refractivity contribution in [1.29, 1.82) is 0 Å². The highest BCUT2D eigenvalue weighted by atomic mass is 19.4. The van der Waals surface area contributed by atoms with E-state index in [0.717, 1.165) is 12.1 Å². The summed E-state index contributed by atoms with van der Waals surface area (Å²) >= 11 is 0. The molecule has 12 heteroatoms. The SMILES string of the molecule is CC(C)(C)NC(=O)C(C(=O)OC(C)(C)C)C(Nc1ccc2c(c1)OC(=O)CC2C(F)(F)F)C(=O)OC(C)(C)C. The van der Waals surface area contributed by atoms with Crippen LogP contribution >= 0.6 is 0 Å². The van der Waals surface area contributed by atoms with Crippen molar-refractivity contribution < 1.29 is 46.6 Å². The van der Waals surface area contributed by atoms with E-state index in [1.807, 2.05) is 0 Å². The van der Waals surface area contributed by atoms with Crippen LogP contribution in [0.25, 0.3) is 0 Å². The molecule has 2 rings (SSSR count). The van der Waals surface area contributed by atoms with Crippen LogP contribution in [0.4, 0.5) is 18.9 Å². The second kappa shape index (κ2) is 11.1. The van der Waals surface area contributed by atoms with E-state index in [1.165, 1.54) is 6.07 Å². The lowest BCUT2D eigenvalue weighted by Crippen LogP contribution is -2.55. The Labute approximate surface area is 226 Å². The molecule has 9 nitrogen and oxygen atoms in total. The highest BCUT2D eigenvalue weighted by molar-refractivity contribution is 6.04. The van der Waals surface area contributed by atoms with Crippen molar-refractivity contribution in [2.24, 2.45) is 5.92 Å². The van der Waals surface area contributed by atoms with Gasteiger partial charge in [-0.2, -0.15) is 13.2 Å². The number of amides is 1. The maximum atomic E-state index is 13.5. The Kier molecular flexibility index (Phi) is 9.04. The lowest BCUT2D eigenvalue weighted by molar-refractivity contribution is -0.170. The first-order valence-electron chi connectivity index (χ1n) is 12.4. The van der Waals surface area contributed by atoms with E-state index in [9.17, 15) is 32.3 Å². The zero-order valence-corrected chi connectivity index (χ0v) is 23.7. The zero-order valence-electron chi connectivity index (χ0n) is 23.7. The van der Waals surface area contributed by atoms with Crippen LogP contribution < -0.4 is 15.4 Å². The summed E-state index contributed by atoms with van der Waals surface area (Å²) in [6, 6.07) is 1.81. The number of rotatable bonds is 6. The average Bonchev–Trinajstić information content (AvgIpc) is 2.67. The molecule has 39 heavy (non-hydrogen) atoms. The number of benzene rings is 1. The molecule has 0 bridgehead atoms. The number of halogens is 3. The van der Waals surface area contributed by atoms with Crippen LogP contribution in [0.15, 0.2) is 18.2 Å². The number of esters is 3. The van der Waals surface area contributed by atoms with Crippen LogP contribution in [0.2, 0.25) is 0 Å². The highest BCUT2D eigenvalue weighted by Gasteiger charge is 2.47. The maximum absolute atomic E-state index is 13.5. The fraction of sp³-hybridized carbons (Fsp3) is 0.630. The molecule has 0 spiro atoms. The molecule has 0 aromatic heterocycles. The Bertz CT molecular complexity index is 1080. The van der Waals surface area contributed by atoms with Gasteiger partial charge in [0.1, 0.15) is 23.0 Å². The molecule has 1 aromatic rings. The lowest BCUT2D eigenvalue weighted by atomic mass is 9.91. The number of carbonyl (C=O) groups excluding carboxylic acids is 4. The Balaban J connectivity index is 2.59. The lowest BCUT2D eigenvalue weighted by Gasteiger charge is -2.32. The van der Waals surface area contributed by atoms with Gasteiger partial charge in [0.15, 0.2) is 5.92 Å². The number of carbonyl (C=O) groups is 4. The molecule has 218 valence electrons. The van der Waals surface area contributed by atoms with Gasteiger partial charge in [-0.3, -0.25) is 14.4 Å². The highest BCUT2D eigenvalue weighted by Crippen LogP contribution is 2.45. The molecule has 1 heterocycles. The van der Waals surface area contributed by atoms with Gasteiger partial charge in [-0.25, -0.2) is 4.79 Å². The average molecular weight is 559 g/mol. The van der Waals surface area contributed by atoms with Crippen LogP contribution in [0, 0.1) is 5.92 Å². The van der Waals surface area contributed by atoms with Crippen molar-refractivity contribution >= 4 is 29.5 Å². The first-order chi connectivity index (χ1) is 17.5. The van der Waals surface area contributed by atoms with E-state index in [0.29, 0.717) is 0 Å². The monoisotopic (exact) mass is 558 g/mol. The van der Waals surface area contributed by atoms with Gasteiger partial charge in [-0.05, 0) is 68.4 Å². The minimum Gasteiger partial charge on any atom is -0.459 e. The predicted octanol–water partition coefficient (Wildman–Crippen LogP) is 4.64. The molecule has 0 radical (unpaired) electrons. The number of nitrogens with one attached hydrogen (secondary N) is 2. The summed E-state index contributed by atoms with van der Waals surface area (Å²) in [6.45, 7) is 14.6. The van der Waals surface area contributed by atoms with Crippen LogP contribution in [0.5, 0.6) is 5.75 Å². The number of alkyl halides is 3. The van der Waals surface area contributed by atoms with Gasteiger partial charge in [-0.15, -0.1) is 0 Å². The quantitative estimate of drug-likeness (QED) is 0.295. The first kappa shape index (κ1) is 31.9. The number of fused-ring (bicyclic) bond motifs is 1. The molecule has 1 aliphatic rings. The van der Waals surface area contributed by atoms with Gasteiger partial charge in [0, 0.05) is 22.9 Å². The molecule has 1 aromatic carbocycles. The third-order valence-electron chi connectivity index (χ3n) is 5.14. The summed E-state index contributed by atoms with van der Waals surface area (Å²) in [5.74, 6) is -8.06. The fourth-order valence-corrected chi connectivity index (χ4v) is 3.76. The second-order valence-electron chi connectivity index (χ2n) is 12.4. The van der Waals surface area contributed by atoms with E-state index < -0.39 is 71.0 Å². The summed E-state index contributed by atoms with van der Waals surface area (Å²) in [7, 11) is 0. The Morgan fingerprint density at radius 2 is 1.46 bits per heavy atom. The standard InChI is InChI=1S/C27H37F3N2O7/c1-24(2,3)32-21(34)19(22(35)38-25(4,5)6)20(23(36)39-26(7,8)9)31-14-10-11-15-16(27(28,29)30)13-18(33)37-17(15)12-14/h10-12,16,19-20,31H,13H2,1-9H3,(H,32,34). The molecule has 0 saturated heterocycles. The van der Waals surface area contributed by atoms with Crippen molar-refractivity contribution in [3.8, 4) is 5.75 Å². The van der Waals surface area contributed by atoms with Crippen molar-refractivity contribution in [1.82, 2.24) is 5.32 Å². The normalized spacial score (nSPS) is 17.7. The van der Waals surface area contributed by atoms with Gasteiger partial charge in [0.05, 0.1) is 12.3 Å². The summed E-state index contributed by atoms with van der Waals surface area (Å²) in [4.78, 5) is 51.9. The van der Waals surface area contributed by atoms with Crippen molar-refractivity contribution in [3.05, 3.63) is 23.8 Å². The first-order valence-corrected chi connectivity index (χ1v) is 12.4. The van der Waals surface area contributed by atoms with E-state index in [1.54, 1.807) is 62.3 Å². The second-order valence-corrected chi connectivity index (χ2v) is 12.4. The molecule has 3 atom stereocenters. The summed E-state index contributed by atoms with van der Waals surface area (Å²) in [6.07, 6.45) is -5.55. The number of hydrogen-bond acceptors (Lipinski definition) is 8. The Morgan fingerprint density at radius 3 is 1.95 bits per heavy atom. The Hall–Kier alpha value is -3.31. The van der Waals surface area contributed by atoms with Gasteiger partial charge in [0.25, 0.3) is 0 Å². The molecule has 1 amide bonds. The largest absolute Gasteiger partial charge is 0.459 e. The summed E-state index contributed by atoms with van der Waals surface area (Å²) in [5.41, 5.74) is -3.06. The summed E-state index contributed by atoms with van der Waals surface area (Å²) in [5, 5.41) is 5.41. The van der Waals surface area contributed by atoms with Crippen LogP contribution in [0.1, 0.15) is 80.2 Å². The number of ether oxygens (including phenoxy) is 3. The molecule has 0 saturated carbocycles. The molecular formula is C27H37F3N2O7. The van der Waals surface area contributed by atoms with Gasteiger partial charge < -0.3 is 24.8 Å². The third kappa shape index (κ3) is 9.43. The van der Waals surface area contributed by atoms with E-state index in [-0.39, 0.29) is 17.0 Å². The topological polar surface area (TPSA) is 120 Å². The van der Waals surface area contributed by atoms with Crippen molar-refractivity contribution in [2.45, 2.75) is 104 Å². The Morgan fingerprint density at radius 1 is 0.923 bits per heavy atom. The van der Waals surface area contributed by atoms with Crippen LogP contribution in [-0.4, -0.2) is 52.8 Å². The van der Waals surface area contributed by atoms with E-state index in [4.69, 9.17) is 14.2 Å². The molecule has 1 aliphatic heterocycles. The van der Waals surface area contributed by atoms with Gasteiger partial charge in [0.2, 0.25) is 5.91 Å². The smallest absolute Gasteiger partial charge is 0.396 e. The van der Waals surface area contributed by atoms with Crippen LogP contribution in [0.3, 0.4) is 0 Å². The molecule has 2 N–H and O–H groups in total. The molecule has 0 aliphatic carbocycles. The minimum absolute atomic E-state index is 0.0114. The van der Waals surface area contributed by atoms with Crippen molar-refractivity contribution in [2.75, 3.05) is 5.32 Å². The maximum Gasteiger partial charge on any atom is 0.396 e. The van der Waals surface area contributed by atoms with Gasteiger partial charge >= 0.3 is 24.1 Å². The number of anilines is 1. The fourth-order valence-electron chi connectivity index (χ4n) is 3.76.